The minimum atomic E-state index is -0.738. The predicted molar refractivity (Wildman–Crippen MR) is 63.4 cm³/mol. The van der Waals surface area contributed by atoms with Gasteiger partial charge in [-0.05, 0) is 38.2 Å². The molecule has 0 radical (unpaired) electrons. The molecule has 17 heavy (non-hydrogen) atoms. The molecule has 1 saturated heterocycles. The van der Waals surface area contributed by atoms with Crippen LogP contribution in [0.2, 0.25) is 0 Å². The molecule has 1 aliphatic carbocycles. The van der Waals surface area contributed by atoms with Gasteiger partial charge in [0, 0.05) is 31.9 Å². The predicted octanol–water partition coefficient (Wildman–Crippen LogP) is 1.59. The van der Waals surface area contributed by atoms with Gasteiger partial charge in [0.05, 0.1) is 5.69 Å². The zero-order valence-corrected chi connectivity index (χ0v) is 10.4. The number of rotatable bonds is 1. The molecule has 2 fully saturated rings. The molecule has 0 bridgehead atoms. The highest BCUT2D eigenvalue weighted by molar-refractivity contribution is 5.19. The molecule has 2 aliphatic rings. The summed E-state index contributed by atoms with van der Waals surface area (Å²) in [6.07, 6.45) is 6.86. The van der Waals surface area contributed by atoms with Crippen LogP contribution in [0.4, 0.5) is 0 Å². The van der Waals surface area contributed by atoms with Gasteiger partial charge in [-0.2, -0.15) is 5.10 Å². The highest BCUT2D eigenvalue weighted by Gasteiger charge is 2.56. The van der Waals surface area contributed by atoms with E-state index in [1.165, 1.54) is 0 Å². The molecule has 2 heterocycles. The van der Waals surface area contributed by atoms with Crippen LogP contribution >= 0.6 is 0 Å². The summed E-state index contributed by atoms with van der Waals surface area (Å²) in [7, 11) is 1.90. The van der Waals surface area contributed by atoms with Crippen molar-refractivity contribution in [2.45, 2.75) is 37.7 Å². The fraction of sp³-hybridized carbons (Fsp3) is 0.769. The summed E-state index contributed by atoms with van der Waals surface area (Å²) in [5.74, 6) is 0. The molecular weight excluding hydrogens is 216 g/mol. The van der Waals surface area contributed by atoms with Crippen molar-refractivity contribution >= 4 is 0 Å². The average Bonchev–Trinajstić information content (AvgIpc) is 2.88. The smallest absolute Gasteiger partial charge is 0.114 e. The summed E-state index contributed by atoms with van der Waals surface area (Å²) < 4.78 is 7.23. The lowest BCUT2D eigenvalue weighted by molar-refractivity contribution is -0.121. The van der Waals surface area contributed by atoms with E-state index in [9.17, 15) is 5.11 Å². The zero-order valence-electron chi connectivity index (χ0n) is 10.4. The van der Waals surface area contributed by atoms with E-state index in [1.807, 2.05) is 19.3 Å². The van der Waals surface area contributed by atoms with Gasteiger partial charge in [-0.1, -0.05) is 0 Å². The summed E-state index contributed by atoms with van der Waals surface area (Å²) >= 11 is 0. The third-order valence-corrected chi connectivity index (χ3v) is 4.66. The van der Waals surface area contributed by atoms with E-state index in [4.69, 9.17) is 4.74 Å². The second-order valence-electron chi connectivity index (χ2n) is 5.48. The first-order chi connectivity index (χ1) is 8.16. The number of hydrogen-bond acceptors (Lipinski definition) is 3. The first kappa shape index (κ1) is 11.2. The van der Waals surface area contributed by atoms with Gasteiger partial charge >= 0.3 is 0 Å². The Hall–Kier alpha value is -0.870. The molecule has 1 atom stereocenters. The van der Waals surface area contributed by atoms with E-state index >= 15 is 0 Å². The van der Waals surface area contributed by atoms with Gasteiger partial charge in [0.15, 0.2) is 0 Å². The maximum atomic E-state index is 11.1. The van der Waals surface area contributed by atoms with Crippen LogP contribution in [0.3, 0.4) is 0 Å². The molecule has 1 N–H and O–H groups in total. The van der Waals surface area contributed by atoms with Crippen LogP contribution < -0.4 is 0 Å². The van der Waals surface area contributed by atoms with Crippen LogP contribution in [0.15, 0.2) is 12.3 Å². The van der Waals surface area contributed by atoms with Crippen molar-refractivity contribution in [3.05, 3.63) is 18.0 Å². The lowest BCUT2D eigenvalue weighted by Crippen LogP contribution is -2.45. The highest BCUT2D eigenvalue weighted by Crippen LogP contribution is 2.57. The molecule has 1 aromatic rings. The van der Waals surface area contributed by atoms with Crippen molar-refractivity contribution in [2.24, 2.45) is 12.5 Å². The molecule has 4 heteroatoms. The van der Waals surface area contributed by atoms with Crippen molar-refractivity contribution in [1.82, 2.24) is 9.78 Å². The van der Waals surface area contributed by atoms with Gasteiger partial charge in [-0.3, -0.25) is 4.68 Å². The van der Waals surface area contributed by atoms with Gasteiger partial charge in [0.1, 0.15) is 5.60 Å². The van der Waals surface area contributed by atoms with Gasteiger partial charge in [-0.15, -0.1) is 0 Å². The Morgan fingerprint density at radius 2 is 2.06 bits per heavy atom. The van der Waals surface area contributed by atoms with Crippen LogP contribution in [0, 0.1) is 5.41 Å². The van der Waals surface area contributed by atoms with Gasteiger partial charge in [-0.25, -0.2) is 0 Å². The Balaban J connectivity index is 1.99. The number of aryl methyl sites for hydroxylation is 1. The van der Waals surface area contributed by atoms with Crippen molar-refractivity contribution < 1.29 is 9.84 Å². The zero-order chi connectivity index (χ0) is 11.9. The SMILES string of the molecule is Cn1ccc(C2(O)CCCC23CCOCC3)n1. The number of aliphatic hydroxyl groups is 1. The molecule has 1 spiro atoms. The van der Waals surface area contributed by atoms with Crippen LogP contribution in [0.1, 0.15) is 37.8 Å². The number of ether oxygens (including phenoxy) is 1. The molecule has 3 rings (SSSR count). The maximum Gasteiger partial charge on any atom is 0.114 e. The highest BCUT2D eigenvalue weighted by atomic mass is 16.5. The fourth-order valence-electron chi connectivity index (χ4n) is 3.62. The van der Waals surface area contributed by atoms with Crippen molar-refractivity contribution in [2.75, 3.05) is 13.2 Å². The lowest BCUT2D eigenvalue weighted by Gasteiger charge is -2.44. The largest absolute Gasteiger partial charge is 0.383 e. The molecule has 94 valence electrons. The molecule has 0 amide bonds. The summed E-state index contributed by atoms with van der Waals surface area (Å²) in [5.41, 5.74) is 0.108. The summed E-state index contributed by atoms with van der Waals surface area (Å²) in [6.45, 7) is 1.55. The van der Waals surface area contributed by atoms with Crippen LogP contribution in [-0.4, -0.2) is 28.1 Å². The molecule has 1 aliphatic heterocycles. The van der Waals surface area contributed by atoms with Gasteiger partial charge in [0.2, 0.25) is 0 Å². The molecule has 4 nitrogen and oxygen atoms in total. The minimum absolute atomic E-state index is 0.000394. The van der Waals surface area contributed by atoms with Crippen molar-refractivity contribution in [3.8, 4) is 0 Å². The first-order valence-corrected chi connectivity index (χ1v) is 6.47. The fourth-order valence-corrected chi connectivity index (χ4v) is 3.62. The van der Waals surface area contributed by atoms with Crippen LogP contribution in [-0.2, 0) is 17.4 Å². The Morgan fingerprint density at radius 1 is 1.29 bits per heavy atom. The van der Waals surface area contributed by atoms with Gasteiger partial charge in [0.25, 0.3) is 0 Å². The summed E-state index contributed by atoms with van der Waals surface area (Å²) in [5, 5.41) is 15.6. The molecule has 1 unspecified atom stereocenters. The van der Waals surface area contributed by atoms with E-state index in [1.54, 1.807) is 4.68 Å². The summed E-state index contributed by atoms with van der Waals surface area (Å²) in [6, 6.07) is 1.96. The van der Waals surface area contributed by atoms with Crippen molar-refractivity contribution in [3.63, 3.8) is 0 Å². The monoisotopic (exact) mass is 236 g/mol. The van der Waals surface area contributed by atoms with E-state index in [0.29, 0.717) is 0 Å². The van der Waals surface area contributed by atoms with Gasteiger partial charge < -0.3 is 9.84 Å². The Kier molecular flexibility index (Phi) is 2.52. The second kappa shape index (κ2) is 3.82. The normalized spacial score (nSPS) is 32.1. The van der Waals surface area contributed by atoms with E-state index in [-0.39, 0.29) is 5.41 Å². The third-order valence-electron chi connectivity index (χ3n) is 4.66. The Morgan fingerprint density at radius 3 is 2.71 bits per heavy atom. The van der Waals surface area contributed by atoms with E-state index in [0.717, 1.165) is 51.0 Å². The Bertz CT molecular complexity index is 409. The number of aromatic nitrogens is 2. The number of nitrogens with zero attached hydrogens (tertiary/aromatic N) is 2. The average molecular weight is 236 g/mol. The topological polar surface area (TPSA) is 47.3 Å². The third kappa shape index (κ3) is 1.54. The van der Waals surface area contributed by atoms with Crippen molar-refractivity contribution in [1.29, 1.82) is 0 Å². The lowest BCUT2D eigenvalue weighted by atomic mass is 9.67. The van der Waals surface area contributed by atoms with Crippen LogP contribution in [0.5, 0.6) is 0 Å². The summed E-state index contributed by atoms with van der Waals surface area (Å²) in [4.78, 5) is 0. The van der Waals surface area contributed by atoms with Crippen LogP contribution in [0.25, 0.3) is 0 Å². The molecule has 1 aromatic heterocycles. The first-order valence-electron chi connectivity index (χ1n) is 6.47. The maximum absolute atomic E-state index is 11.1. The number of hydrogen-bond donors (Lipinski definition) is 1. The quantitative estimate of drug-likeness (QED) is 0.805. The van der Waals surface area contributed by atoms with E-state index < -0.39 is 5.60 Å². The molecular formula is C13H20N2O2. The standard InChI is InChI=1S/C13H20N2O2/c1-15-8-3-11(14-15)13(16)5-2-4-12(13)6-9-17-10-7-12/h3,8,16H,2,4-7,9-10H2,1H3. The van der Waals surface area contributed by atoms with E-state index in [2.05, 4.69) is 5.10 Å². The minimum Gasteiger partial charge on any atom is -0.383 e. The Labute approximate surface area is 102 Å². The molecule has 1 saturated carbocycles. The second-order valence-corrected chi connectivity index (χ2v) is 5.48. The molecule has 0 aromatic carbocycles.